The number of aliphatic hydroxyl groups is 3. The molecule has 2 unspecified atom stereocenters. The minimum Gasteiger partial charge on any atom is -0.394 e. The number of thioether (sulfide) groups is 1. The van der Waals surface area contributed by atoms with E-state index in [9.17, 15) is 37.3 Å². The first-order chi connectivity index (χ1) is 16.5. The number of aromatic nitrogens is 3. The van der Waals surface area contributed by atoms with Crippen molar-refractivity contribution in [3.63, 3.8) is 0 Å². The van der Waals surface area contributed by atoms with Crippen LogP contribution in [0.2, 0.25) is 5.02 Å². The van der Waals surface area contributed by atoms with E-state index in [0.717, 1.165) is 28.9 Å². The fraction of sp³-hybridized carbons (Fsp3) is 0.333. The summed E-state index contributed by atoms with van der Waals surface area (Å²) in [4.78, 5) is -0.181. The molecule has 14 heteroatoms. The Hall–Kier alpha value is -2.29. The third-order valence-corrected chi connectivity index (χ3v) is 6.35. The Bertz CT molecular complexity index is 1160. The van der Waals surface area contributed by atoms with Crippen LogP contribution in [-0.4, -0.2) is 60.7 Å². The van der Waals surface area contributed by atoms with E-state index in [1.165, 1.54) is 13.1 Å². The molecule has 7 nitrogen and oxygen atoms in total. The summed E-state index contributed by atoms with van der Waals surface area (Å²) in [5, 5.41) is 36.7. The predicted octanol–water partition coefficient (Wildman–Crippen LogP) is 3.53. The Morgan fingerprint density at radius 1 is 1.06 bits per heavy atom. The molecule has 3 N–H and O–H groups in total. The monoisotopic (exact) mass is 539 g/mol. The molecule has 3 rings (SSSR count). The van der Waals surface area contributed by atoms with Crippen molar-refractivity contribution in [1.82, 2.24) is 15.0 Å². The summed E-state index contributed by atoms with van der Waals surface area (Å²) in [6.07, 6.45) is -2.60. The molecule has 3 aromatic rings. The number of aliphatic hydroxyl groups excluding tert-OH is 3. The van der Waals surface area contributed by atoms with E-state index in [4.69, 9.17) is 16.3 Å². The number of rotatable bonds is 10. The molecule has 0 bridgehead atoms. The molecule has 0 radical (unpaired) electrons. The Kier molecular flexibility index (Phi) is 9.07. The van der Waals surface area contributed by atoms with Crippen LogP contribution in [0.5, 0.6) is 0 Å². The largest absolute Gasteiger partial charge is 0.394 e. The Balaban J connectivity index is 1.84. The highest BCUT2D eigenvalue weighted by atomic mass is 35.5. The first kappa shape index (κ1) is 27.3. The van der Waals surface area contributed by atoms with Crippen LogP contribution in [0, 0.1) is 29.1 Å². The normalized spacial score (nSPS) is 15.1. The Morgan fingerprint density at radius 3 is 2.31 bits per heavy atom. The Labute approximate surface area is 205 Å². The summed E-state index contributed by atoms with van der Waals surface area (Å²) in [6, 6.07) is 3.44. The second-order valence-corrected chi connectivity index (χ2v) is 8.92. The van der Waals surface area contributed by atoms with Crippen molar-refractivity contribution < 1.29 is 42.0 Å². The number of halogens is 6. The van der Waals surface area contributed by atoms with E-state index >= 15 is 0 Å². The molecule has 0 saturated carbocycles. The van der Waals surface area contributed by atoms with Gasteiger partial charge in [-0.3, -0.25) is 0 Å². The van der Waals surface area contributed by atoms with E-state index in [-0.39, 0.29) is 22.7 Å². The van der Waals surface area contributed by atoms with Crippen molar-refractivity contribution >= 4 is 23.4 Å². The standard InChI is InChI=1S/C21H19ClF5N3O4S/c1-9(32)16(8-31)34-21(35-17-3-2-11(23)18(22)20(17)27)15(33)7-30-6-14(28-29-30)10-4-12(24)19(26)13(25)5-10/h2-6,9,15-16,21,31-33H,7-8H2,1H3/t9-,15+,16?,21?/m1/s1. The predicted molar refractivity (Wildman–Crippen MR) is 116 cm³/mol. The molecule has 0 aliphatic heterocycles. The summed E-state index contributed by atoms with van der Waals surface area (Å²) in [7, 11) is 0. The van der Waals surface area contributed by atoms with Crippen molar-refractivity contribution in [2.45, 2.75) is 42.1 Å². The van der Waals surface area contributed by atoms with Crippen molar-refractivity contribution in [3.05, 3.63) is 64.6 Å². The fourth-order valence-electron chi connectivity index (χ4n) is 2.90. The lowest BCUT2D eigenvalue weighted by Gasteiger charge is -2.28. The topological polar surface area (TPSA) is 101 Å². The highest BCUT2D eigenvalue weighted by Gasteiger charge is 2.29. The molecular formula is C21H19ClF5N3O4S. The second-order valence-electron chi connectivity index (χ2n) is 7.40. The quantitative estimate of drug-likeness (QED) is 0.157. The van der Waals surface area contributed by atoms with Gasteiger partial charge in [-0.15, -0.1) is 5.10 Å². The van der Waals surface area contributed by atoms with Gasteiger partial charge in [-0.1, -0.05) is 28.6 Å². The van der Waals surface area contributed by atoms with Gasteiger partial charge in [0, 0.05) is 10.5 Å². The highest BCUT2D eigenvalue weighted by Crippen LogP contribution is 2.34. The zero-order valence-corrected chi connectivity index (χ0v) is 19.5. The summed E-state index contributed by atoms with van der Waals surface area (Å²) in [5.74, 6) is -6.58. The van der Waals surface area contributed by atoms with Gasteiger partial charge in [0.2, 0.25) is 0 Å². The smallest absolute Gasteiger partial charge is 0.194 e. The van der Waals surface area contributed by atoms with Crippen molar-refractivity contribution in [1.29, 1.82) is 0 Å². The number of hydrogen-bond donors (Lipinski definition) is 3. The van der Waals surface area contributed by atoms with E-state index in [2.05, 4.69) is 10.3 Å². The first-order valence-electron chi connectivity index (χ1n) is 9.99. The second kappa shape index (κ2) is 11.6. The molecule has 0 fully saturated rings. The fourth-order valence-corrected chi connectivity index (χ4v) is 4.17. The maximum Gasteiger partial charge on any atom is 0.194 e. The highest BCUT2D eigenvalue weighted by molar-refractivity contribution is 7.99. The van der Waals surface area contributed by atoms with Gasteiger partial charge in [-0.25, -0.2) is 26.6 Å². The number of ether oxygens (including phenoxy) is 1. The molecule has 0 aliphatic rings. The van der Waals surface area contributed by atoms with Crippen LogP contribution in [-0.2, 0) is 11.3 Å². The lowest BCUT2D eigenvalue weighted by molar-refractivity contribution is -0.0972. The maximum absolute atomic E-state index is 14.4. The third-order valence-electron chi connectivity index (χ3n) is 4.78. The van der Waals surface area contributed by atoms with Gasteiger partial charge >= 0.3 is 0 Å². The Morgan fingerprint density at radius 2 is 1.71 bits per heavy atom. The van der Waals surface area contributed by atoms with Crippen LogP contribution in [0.15, 0.2) is 35.4 Å². The molecule has 0 amide bonds. The van der Waals surface area contributed by atoms with E-state index in [1.807, 2.05) is 0 Å². The van der Waals surface area contributed by atoms with Crippen LogP contribution in [0.4, 0.5) is 22.0 Å². The van der Waals surface area contributed by atoms with Crippen molar-refractivity contribution in [2.75, 3.05) is 6.61 Å². The lowest BCUT2D eigenvalue weighted by atomic mass is 10.1. The van der Waals surface area contributed by atoms with E-state index < -0.39 is 64.5 Å². The number of hydrogen-bond acceptors (Lipinski definition) is 7. The summed E-state index contributed by atoms with van der Waals surface area (Å²) < 4.78 is 74.9. The van der Waals surface area contributed by atoms with E-state index in [0.29, 0.717) is 11.8 Å². The molecule has 35 heavy (non-hydrogen) atoms. The molecular weight excluding hydrogens is 521 g/mol. The van der Waals surface area contributed by atoms with Crippen molar-refractivity contribution in [3.8, 4) is 11.3 Å². The average molecular weight is 540 g/mol. The summed E-state index contributed by atoms with van der Waals surface area (Å²) in [6.45, 7) is 0.351. The van der Waals surface area contributed by atoms with Gasteiger partial charge < -0.3 is 20.1 Å². The van der Waals surface area contributed by atoms with E-state index in [1.54, 1.807) is 0 Å². The van der Waals surface area contributed by atoms with Gasteiger partial charge in [-0.2, -0.15) is 0 Å². The molecule has 0 saturated heterocycles. The first-order valence-corrected chi connectivity index (χ1v) is 11.2. The molecule has 2 aromatic carbocycles. The number of nitrogens with zero attached hydrogens (tertiary/aromatic N) is 3. The van der Waals surface area contributed by atoms with Gasteiger partial charge in [0.1, 0.15) is 34.2 Å². The molecule has 1 heterocycles. The van der Waals surface area contributed by atoms with Crippen LogP contribution in [0.3, 0.4) is 0 Å². The van der Waals surface area contributed by atoms with Gasteiger partial charge in [0.15, 0.2) is 23.3 Å². The minimum absolute atomic E-state index is 0.0336. The van der Waals surface area contributed by atoms with Crippen LogP contribution < -0.4 is 0 Å². The zero-order chi connectivity index (χ0) is 25.9. The molecule has 0 aliphatic carbocycles. The zero-order valence-electron chi connectivity index (χ0n) is 17.9. The summed E-state index contributed by atoms with van der Waals surface area (Å²) in [5.41, 5.74) is -1.47. The van der Waals surface area contributed by atoms with Crippen LogP contribution in [0.1, 0.15) is 6.92 Å². The molecule has 1 aromatic heterocycles. The van der Waals surface area contributed by atoms with Crippen LogP contribution >= 0.6 is 23.4 Å². The lowest BCUT2D eigenvalue weighted by Crippen LogP contribution is -2.39. The van der Waals surface area contributed by atoms with Gasteiger partial charge in [0.25, 0.3) is 0 Å². The van der Waals surface area contributed by atoms with Gasteiger partial charge in [-0.05, 0) is 31.2 Å². The molecule has 190 valence electrons. The van der Waals surface area contributed by atoms with Crippen LogP contribution in [0.25, 0.3) is 11.3 Å². The minimum atomic E-state index is -1.64. The number of benzene rings is 2. The SMILES string of the molecule is C[C@@H](O)C(CO)OC(Sc1ccc(F)c(Cl)c1F)[C@@H](O)Cn1cc(-c2cc(F)c(F)c(F)c2)nn1. The summed E-state index contributed by atoms with van der Waals surface area (Å²) >= 11 is 6.22. The molecule has 4 atom stereocenters. The average Bonchev–Trinajstić information content (AvgIpc) is 3.27. The maximum atomic E-state index is 14.4. The van der Waals surface area contributed by atoms with Gasteiger partial charge in [0.05, 0.1) is 25.5 Å². The van der Waals surface area contributed by atoms with Crippen molar-refractivity contribution in [2.24, 2.45) is 0 Å². The third kappa shape index (κ3) is 6.48. The molecule has 0 spiro atoms.